The molecule has 3 N–H and O–H groups in total. The molecule has 100 valence electrons. The monoisotopic (exact) mass is 272 g/mol. The third kappa shape index (κ3) is 1.56. The number of sulfonamides is 1. The van der Waals surface area contributed by atoms with E-state index in [-0.39, 0.29) is 29.9 Å². The molecule has 7 nitrogen and oxygen atoms in total. The lowest BCUT2D eigenvalue weighted by Crippen LogP contribution is -2.64. The van der Waals surface area contributed by atoms with Crippen LogP contribution in [0.2, 0.25) is 0 Å². The van der Waals surface area contributed by atoms with Gasteiger partial charge in [0, 0.05) is 20.1 Å². The lowest BCUT2D eigenvalue weighted by Gasteiger charge is -2.45. The van der Waals surface area contributed by atoms with Gasteiger partial charge in [-0.25, -0.2) is 13.4 Å². The molecule has 2 heterocycles. The Labute approximate surface area is 105 Å². The van der Waals surface area contributed by atoms with Gasteiger partial charge >= 0.3 is 0 Å². The summed E-state index contributed by atoms with van der Waals surface area (Å²) in [6.07, 6.45) is 3.34. The molecule has 3 rings (SSSR count). The summed E-state index contributed by atoms with van der Waals surface area (Å²) in [6.45, 7) is 0.315. The molecule has 1 aromatic rings. The molecular formula is C10H16N4O3S. The van der Waals surface area contributed by atoms with Gasteiger partial charge in [-0.15, -0.1) is 0 Å². The second-order valence-electron chi connectivity index (χ2n) is 5.20. The fourth-order valence-corrected chi connectivity index (χ4v) is 4.25. The van der Waals surface area contributed by atoms with Crippen molar-refractivity contribution in [1.29, 1.82) is 0 Å². The molecule has 2 fully saturated rings. The third-order valence-corrected chi connectivity index (χ3v) is 5.66. The predicted octanol–water partition coefficient (Wildman–Crippen LogP) is -0.852. The molecule has 1 aromatic heterocycles. The molecule has 0 spiro atoms. The van der Waals surface area contributed by atoms with Crippen molar-refractivity contribution < 1.29 is 13.5 Å². The lowest BCUT2D eigenvalue weighted by molar-refractivity contribution is -0.0766. The molecule has 8 heteroatoms. The van der Waals surface area contributed by atoms with Crippen molar-refractivity contribution in [1.82, 2.24) is 13.9 Å². The minimum Gasteiger partial charge on any atom is -0.387 e. The number of anilines is 1. The molecule has 1 aliphatic carbocycles. The number of aliphatic hydroxyl groups is 1. The van der Waals surface area contributed by atoms with E-state index >= 15 is 0 Å². The summed E-state index contributed by atoms with van der Waals surface area (Å²) in [5.41, 5.74) is 4.75. The molecule has 0 bridgehead atoms. The second kappa shape index (κ2) is 3.46. The SMILES string of the molecule is Cn1cnc(N)c1S(=O)(=O)N1CC(O)(C2CC2)C1. The number of β-amino-alcohol motifs (C(OH)–C–C–N with tert-alkyl or cyclic N) is 1. The first-order chi connectivity index (χ1) is 8.34. The summed E-state index contributed by atoms with van der Waals surface area (Å²) in [4.78, 5) is 3.78. The Balaban J connectivity index is 1.85. The van der Waals surface area contributed by atoms with Crippen LogP contribution in [0.1, 0.15) is 12.8 Å². The van der Waals surface area contributed by atoms with E-state index in [4.69, 9.17) is 5.73 Å². The first-order valence-corrected chi connectivity index (χ1v) is 7.28. The van der Waals surface area contributed by atoms with E-state index in [9.17, 15) is 13.5 Å². The molecule has 1 saturated heterocycles. The molecule has 1 aliphatic heterocycles. The van der Waals surface area contributed by atoms with Crippen LogP contribution in [0.5, 0.6) is 0 Å². The Bertz CT molecular complexity index is 565. The molecule has 0 radical (unpaired) electrons. The molecule has 0 amide bonds. The van der Waals surface area contributed by atoms with Crippen LogP contribution in [-0.4, -0.2) is 46.1 Å². The zero-order chi connectivity index (χ0) is 13.1. The summed E-state index contributed by atoms with van der Waals surface area (Å²) in [5, 5.41) is 10.2. The molecule has 0 atom stereocenters. The second-order valence-corrected chi connectivity index (χ2v) is 7.05. The van der Waals surface area contributed by atoms with E-state index in [1.807, 2.05) is 0 Å². The number of aryl methyl sites for hydroxylation is 1. The van der Waals surface area contributed by atoms with Crippen molar-refractivity contribution in [2.24, 2.45) is 13.0 Å². The Morgan fingerprint density at radius 1 is 1.50 bits per heavy atom. The van der Waals surface area contributed by atoms with Gasteiger partial charge in [-0.1, -0.05) is 0 Å². The summed E-state index contributed by atoms with van der Waals surface area (Å²) < 4.78 is 27.3. The van der Waals surface area contributed by atoms with E-state index < -0.39 is 15.6 Å². The smallest absolute Gasteiger partial charge is 0.262 e. The van der Waals surface area contributed by atoms with Crippen molar-refractivity contribution in [2.75, 3.05) is 18.8 Å². The van der Waals surface area contributed by atoms with Gasteiger partial charge in [-0.2, -0.15) is 4.31 Å². The fourth-order valence-electron chi connectivity index (χ4n) is 2.49. The average Bonchev–Trinajstić information content (AvgIpc) is 3.01. The molecule has 0 unspecified atom stereocenters. The van der Waals surface area contributed by atoms with Crippen molar-refractivity contribution >= 4 is 15.8 Å². The number of aromatic nitrogens is 2. The quantitative estimate of drug-likeness (QED) is 0.746. The van der Waals surface area contributed by atoms with E-state index in [1.165, 1.54) is 15.2 Å². The van der Waals surface area contributed by atoms with Crippen LogP contribution in [0, 0.1) is 5.92 Å². The third-order valence-electron chi connectivity index (χ3n) is 3.73. The van der Waals surface area contributed by atoms with E-state index in [2.05, 4.69) is 4.98 Å². The summed E-state index contributed by atoms with van der Waals surface area (Å²) >= 11 is 0. The maximum atomic E-state index is 12.3. The number of imidazole rings is 1. The van der Waals surface area contributed by atoms with E-state index in [0.29, 0.717) is 0 Å². The summed E-state index contributed by atoms with van der Waals surface area (Å²) in [6, 6.07) is 0. The van der Waals surface area contributed by atoms with Crippen molar-refractivity contribution in [3.05, 3.63) is 6.33 Å². The molecular weight excluding hydrogens is 256 g/mol. The maximum Gasteiger partial charge on any atom is 0.262 e. The van der Waals surface area contributed by atoms with Gasteiger partial charge in [0.15, 0.2) is 10.8 Å². The van der Waals surface area contributed by atoms with Gasteiger partial charge in [0.05, 0.1) is 11.9 Å². The van der Waals surface area contributed by atoms with Crippen molar-refractivity contribution in [3.8, 4) is 0 Å². The van der Waals surface area contributed by atoms with E-state index in [0.717, 1.165) is 12.8 Å². The highest BCUT2D eigenvalue weighted by atomic mass is 32.2. The topological polar surface area (TPSA) is 101 Å². The van der Waals surface area contributed by atoms with Gasteiger partial charge in [0.2, 0.25) is 0 Å². The Hall–Kier alpha value is -1.12. The zero-order valence-corrected chi connectivity index (χ0v) is 10.9. The lowest BCUT2D eigenvalue weighted by atomic mass is 9.91. The summed E-state index contributed by atoms with van der Waals surface area (Å²) in [5.74, 6) is 0.257. The average molecular weight is 272 g/mol. The number of nitrogens with zero attached hydrogens (tertiary/aromatic N) is 3. The summed E-state index contributed by atoms with van der Waals surface area (Å²) in [7, 11) is -2.06. The van der Waals surface area contributed by atoms with E-state index in [1.54, 1.807) is 7.05 Å². The van der Waals surface area contributed by atoms with Crippen molar-refractivity contribution in [3.63, 3.8) is 0 Å². The van der Waals surface area contributed by atoms with Crippen molar-refractivity contribution in [2.45, 2.75) is 23.5 Å². The first-order valence-electron chi connectivity index (χ1n) is 5.84. The highest BCUT2D eigenvalue weighted by molar-refractivity contribution is 7.89. The van der Waals surface area contributed by atoms with Gasteiger partial charge in [-0.05, 0) is 18.8 Å². The molecule has 1 saturated carbocycles. The normalized spacial score (nSPS) is 23.9. The number of hydrogen-bond acceptors (Lipinski definition) is 5. The van der Waals surface area contributed by atoms with Gasteiger partial charge in [-0.3, -0.25) is 0 Å². The highest BCUT2D eigenvalue weighted by Crippen LogP contribution is 2.46. The van der Waals surface area contributed by atoms with Crippen LogP contribution in [0.15, 0.2) is 11.4 Å². The Morgan fingerprint density at radius 2 is 2.11 bits per heavy atom. The molecule has 2 aliphatic rings. The Kier molecular flexibility index (Phi) is 2.30. The number of nitrogens with two attached hydrogens (primary N) is 1. The number of hydrogen-bond donors (Lipinski definition) is 2. The highest BCUT2D eigenvalue weighted by Gasteiger charge is 2.55. The maximum absolute atomic E-state index is 12.3. The van der Waals surface area contributed by atoms with Crippen LogP contribution in [0.25, 0.3) is 0 Å². The fraction of sp³-hybridized carbons (Fsp3) is 0.700. The number of rotatable bonds is 3. The minimum atomic E-state index is -3.65. The molecule has 0 aromatic carbocycles. The predicted molar refractivity (Wildman–Crippen MR) is 64.1 cm³/mol. The Morgan fingerprint density at radius 3 is 2.56 bits per heavy atom. The van der Waals surface area contributed by atoms with Gasteiger partial charge in [0.25, 0.3) is 10.0 Å². The molecule has 18 heavy (non-hydrogen) atoms. The number of nitrogen functional groups attached to an aromatic ring is 1. The van der Waals surface area contributed by atoms with Gasteiger partial charge < -0.3 is 15.4 Å². The van der Waals surface area contributed by atoms with Crippen LogP contribution >= 0.6 is 0 Å². The standard InChI is InChI=1S/C10H16N4O3S/c1-13-6-12-8(11)9(13)18(16,17)14-4-10(15,5-14)7-2-3-7/h6-7,15H,2-5,11H2,1H3. The largest absolute Gasteiger partial charge is 0.387 e. The first kappa shape index (κ1) is 11.9. The van der Waals surface area contributed by atoms with Gasteiger partial charge in [0.1, 0.15) is 0 Å². The van der Waals surface area contributed by atoms with Crippen LogP contribution < -0.4 is 5.73 Å². The van der Waals surface area contributed by atoms with Crippen LogP contribution in [0.4, 0.5) is 5.82 Å². The van der Waals surface area contributed by atoms with Crippen LogP contribution in [0.3, 0.4) is 0 Å². The zero-order valence-electron chi connectivity index (χ0n) is 10.1. The minimum absolute atomic E-state index is 0.000321. The van der Waals surface area contributed by atoms with Crippen LogP contribution in [-0.2, 0) is 17.1 Å².